The van der Waals surface area contributed by atoms with Gasteiger partial charge in [-0.15, -0.1) is 0 Å². The van der Waals surface area contributed by atoms with Crippen molar-refractivity contribution in [2.75, 3.05) is 13.6 Å². The minimum atomic E-state index is -1.28. The average molecular weight is 202 g/mol. The van der Waals surface area contributed by atoms with Crippen LogP contribution in [0.4, 0.5) is 4.39 Å². The third kappa shape index (κ3) is 2.57. The molecule has 0 saturated heterocycles. The summed E-state index contributed by atoms with van der Waals surface area (Å²) < 4.78 is 25.6. The molecule has 0 aliphatic carbocycles. The van der Waals surface area contributed by atoms with Gasteiger partial charge in [0.2, 0.25) is 0 Å². The van der Waals surface area contributed by atoms with E-state index in [-0.39, 0.29) is 0 Å². The molecule has 1 rings (SSSR count). The molecule has 72 valence electrons. The van der Waals surface area contributed by atoms with E-state index in [0.29, 0.717) is 11.6 Å². The van der Waals surface area contributed by atoms with Gasteiger partial charge in [-0.1, -0.05) is 6.92 Å². The lowest BCUT2D eigenvalue weighted by atomic mass is 10.5. The first-order valence-electron chi connectivity index (χ1n) is 3.89. The summed E-state index contributed by atoms with van der Waals surface area (Å²) in [4.78, 5) is 3.73. The van der Waals surface area contributed by atoms with Crippen LogP contribution in [-0.2, 0) is 11.0 Å². The highest BCUT2D eigenvalue weighted by Crippen LogP contribution is 2.06. The molecule has 1 aromatic rings. The maximum Gasteiger partial charge on any atom is 0.146 e. The molecule has 1 atom stereocenters. The summed E-state index contributed by atoms with van der Waals surface area (Å²) >= 11 is 0. The molecule has 0 bridgehead atoms. The van der Waals surface area contributed by atoms with Crippen LogP contribution in [0.15, 0.2) is 23.4 Å². The van der Waals surface area contributed by atoms with Gasteiger partial charge in [0.1, 0.15) is 21.8 Å². The Bertz CT molecular complexity index is 302. The topological polar surface area (TPSA) is 33.2 Å². The second-order valence-electron chi connectivity index (χ2n) is 2.51. The molecule has 1 unspecified atom stereocenters. The lowest BCUT2D eigenvalue weighted by molar-refractivity contribution is 0.544. The fraction of sp³-hybridized carbons (Fsp3) is 0.375. The molecule has 3 nitrogen and oxygen atoms in total. The molecule has 0 radical (unpaired) electrons. The van der Waals surface area contributed by atoms with Crippen molar-refractivity contribution in [2.45, 2.75) is 11.9 Å². The predicted octanol–water partition coefficient (Wildman–Crippen LogP) is 1.20. The van der Waals surface area contributed by atoms with Gasteiger partial charge in [-0.25, -0.2) is 17.9 Å². The molecule has 0 aromatic carbocycles. The highest BCUT2D eigenvalue weighted by atomic mass is 32.2. The zero-order chi connectivity index (χ0) is 9.84. The van der Waals surface area contributed by atoms with Crippen LogP contribution in [0.1, 0.15) is 6.92 Å². The summed E-state index contributed by atoms with van der Waals surface area (Å²) in [7, 11) is 0.442. The fourth-order valence-electron chi connectivity index (χ4n) is 0.742. The summed E-state index contributed by atoms with van der Waals surface area (Å²) in [5, 5.41) is 0.380. The number of nitrogens with zero attached hydrogens (tertiary/aromatic N) is 2. The van der Waals surface area contributed by atoms with Gasteiger partial charge in [0.15, 0.2) is 0 Å². The average Bonchev–Trinajstić information content (AvgIpc) is 2.17. The van der Waals surface area contributed by atoms with E-state index in [4.69, 9.17) is 0 Å². The molecule has 0 aliphatic rings. The number of hydrogen-bond acceptors (Lipinski definition) is 2. The van der Waals surface area contributed by atoms with Crippen LogP contribution in [0, 0.1) is 5.82 Å². The van der Waals surface area contributed by atoms with Crippen molar-refractivity contribution in [3.63, 3.8) is 0 Å². The molecule has 0 saturated carbocycles. The Morgan fingerprint density at radius 1 is 1.62 bits per heavy atom. The van der Waals surface area contributed by atoms with Gasteiger partial charge < -0.3 is 0 Å². The zero-order valence-corrected chi connectivity index (χ0v) is 8.34. The highest BCUT2D eigenvalue weighted by Gasteiger charge is 2.09. The van der Waals surface area contributed by atoms with Crippen LogP contribution in [0.5, 0.6) is 0 Å². The molecule has 13 heavy (non-hydrogen) atoms. The molecule has 1 heterocycles. The van der Waals surface area contributed by atoms with Crippen LogP contribution in [0.25, 0.3) is 0 Å². The van der Waals surface area contributed by atoms with E-state index < -0.39 is 16.8 Å². The summed E-state index contributed by atoms with van der Waals surface area (Å²) in [5.41, 5.74) is 0. The van der Waals surface area contributed by atoms with Gasteiger partial charge in [0, 0.05) is 13.6 Å². The van der Waals surface area contributed by atoms with Crippen LogP contribution >= 0.6 is 0 Å². The standard InChI is InChI=1S/C8H11FN2OS/c1-3-11(2)13(12)8-5-4-7(9)6-10-8/h4-6H,3H2,1-2H3. The number of pyridine rings is 1. The minimum absolute atomic E-state index is 0.380. The molecule has 0 N–H and O–H groups in total. The fourth-order valence-corrected chi connectivity index (χ4v) is 1.62. The van der Waals surface area contributed by atoms with E-state index in [1.165, 1.54) is 12.1 Å². The highest BCUT2D eigenvalue weighted by molar-refractivity contribution is 7.82. The molecule has 0 fully saturated rings. The van der Waals surface area contributed by atoms with E-state index in [0.717, 1.165) is 6.20 Å². The van der Waals surface area contributed by atoms with Gasteiger partial charge in [0.05, 0.1) is 6.20 Å². The van der Waals surface area contributed by atoms with Gasteiger partial charge in [-0.3, -0.25) is 0 Å². The predicted molar refractivity (Wildman–Crippen MR) is 48.9 cm³/mol. The molecule has 0 aliphatic heterocycles. The molecule has 0 spiro atoms. The van der Waals surface area contributed by atoms with Crippen molar-refractivity contribution < 1.29 is 8.60 Å². The summed E-state index contributed by atoms with van der Waals surface area (Å²) in [6.07, 6.45) is 1.07. The van der Waals surface area contributed by atoms with Crippen molar-refractivity contribution in [1.82, 2.24) is 9.29 Å². The first-order valence-corrected chi connectivity index (χ1v) is 5.00. The van der Waals surface area contributed by atoms with Gasteiger partial charge in [0.25, 0.3) is 0 Å². The second kappa shape index (κ2) is 4.43. The molecule has 5 heteroatoms. The Hall–Kier alpha value is -0.810. The Kier molecular flexibility index (Phi) is 3.50. The third-order valence-electron chi connectivity index (χ3n) is 1.61. The SMILES string of the molecule is CCN(C)S(=O)c1ccc(F)cn1. The Morgan fingerprint density at radius 2 is 2.31 bits per heavy atom. The molecule has 1 aromatic heterocycles. The maximum absolute atomic E-state index is 12.5. The normalized spacial score (nSPS) is 13.2. The number of halogens is 1. The lowest BCUT2D eigenvalue weighted by Gasteiger charge is -2.11. The van der Waals surface area contributed by atoms with Crippen LogP contribution in [0.3, 0.4) is 0 Å². The quantitative estimate of drug-likeness (QED) is 0.737. The van der Waals surface area contributed by atoms with Crippen LogP contribution in [-0.4, -0.2) is 27.1 Å². The van der Waals surface area contributed by atoms with Crippen molar-refractivity contribution >= 4 is 11.0 Å². The van der Waals surface area contributed by atoms with Crippen molar-refractivity contribution in [2.24, 2.45) is 0 Å². The van der Waals surface area contributed by atoms with Crippen molar-refractivity contribution in [3.05, 3.63) is 24.1 Å². The maximum atomic E-state index is 12.5. The van der Waals surface area contributed by atoms with E-state index in [9.17, 15) is 8.60 Å². The largest absolute Gasteiger partial charge is 0.243 e. The van der Waals surface area contributed by atoms with Crippen LogP contribution < -0.4 is 0 Å². The molecular formula is C8H11FN2OS. The smallest absolute Gasteiger partial charge is 0.146 e. The number of rotatable bonds is 3. The Labute approximate surface area is 79.2 Å². The van der Waals surface area contributed by atoms with Gasteiger partial charge in [-0.2, -0.15) is 0 Å². The Morgan fingerprint density at radius 3 is 2.77 bits per heavy atom. The van der Waals surface area contributed by atoms with Gasteiger partial charge in [-0.05, 0) is 12.1 Å². The van der Waals surface area contributed by atoms with Crippen molar-refractivity contribution in [3.8, 4) is 0 Å². The zero-order valence-electron chi connectivity index (χ0n) is 7.53. The summed E-state index contributed by atoms with van der Waals surface area (Å²) in [6.45, 7) is 2.55. The van der Waals surface area contributed by atoms with E-state index in [1.807, 2.05) is 6.92 Å². The summed E-state index contributed by atoms with van der Waals surface area (Å²) in [6, 6.07) is 2.68. The molecule has 0 amide bonds. The summed E-state index contributed by atoms with van der Waals surface area (Å²) in [5.74, 6) is -0.417. The van der Waals surface area contributed by atoms with Gasteiger partial charge >= 0.3 is 0 Å². The minimum Gasteiger partial charge on any atom is -0.243 e. The first-order chi connectivity index (χ1) is 6.15. The molecular weight excluding hydrogens is 191 g/mol. The number of hydrogen-bond donors (Lipinski definition) is 0. The lowest BCUT2D eigenvalue weighted by Crippen LogP contribution is -2.21. The Balaban J connectivity index is 2.83. The number of aromatic nitrogens is 1. The second-order valence-corrected chi connectivity index (χ2v) is 4.05. The third-order valence-corrected chi connectivity index (χ3v) is 3.03. The van der Waals surface area contributed by atoms with E-state index in [1.54, 1.807) is 11.4 Å². The van der Waals surface area contributed by atoms with Crippen LogP contribution in [0.2, 0.25) is 0 Å². The van der Waals surface area contributed by atoms with Crippen molar-refractivity contribution in [1.29, 1.82) is 0 Å². The van der Waals surface area contributed by atoms with E-state index in [2.05, 4.69) is 4.98 Å². The first kappa shape index (κ1) is 10.3. The van der Waals surface area contributed by atoms with E-state index >= 15 is 0 Å². The monoisotopic (exact) mass is 202 g/mol.